The van der Waals surface area contributed by atoms with Gasteiger partial charge in [0.1, 0.15) is 0 Å². The third-order valence-corrected chi connectivity index (χ3v) is 5.27. The van der Waals surface area contributed by atoms with Crippen molar-refractivity contribution in [2.75, 3.05) is 0 Å². The van der Waals surface area contributed by atoms with Crippen LogP contribution in [0.5, 0.6) is 0 Å². The lowest BCUT2D eigenvalue weighted by Gasteiger charge is -2.43. The van der Waals surface area contributed by atoms with E-state index in [4.69, 9.17) is 0 Å². The zero-order valence-electron chi connectivity index (χ0n) is 11.7. The standard InChI is InChI=1S/C18H19B/c1-18(2)16-11-4-3-9-14(16)15-10-5-7-13-8-6-12-19(18)17(13)15/h3-5,7,9-11H,6,8,12H2,1-2H3. The first-order valence-corrected chi connectivity index (χ1v) is 7.41. The molecule has 2 heterocycles. The predicted octanol–water partition coefficient (Wildman–Crippen LogP) is 3.83. The van der Waals surface area contributed by atoms with Gasteiger partial charge in [-0.25, -0.2) is 0 Å². The van der Waals surface area contributed by atoms with Gasteiger partial charge in [-0.1, -0.05) is 80.1 Å². The second kappa shape index (κ2) is 3.76. The van der Waals surface area contributed by atoms with E-state index in [1.54, 1.807) is 11.0 Å². The average molecular weight is 246 g/mol. The van der Waals surface area contributed by atoms with Crippen molar-refractivity contribution in [1.29, 1.82) is 0 Å². The van der Waals surface area contributed by atoms with E-state index < -0.39 is 0 Å². The molecule has 0 atom stereocenters. The van der Waals surface area contributed by atoms with Crippen molar-refractivity contribution in [3.8, 4) is 11.1 Å². The maximum atomic E-state index is 2.43. The molecule has 2 aromatic rings. The SMILES string of the molecule is CC1(C)B2CCCc3cccc(c32)-c2ccccc21. The first-order valence-electron chi connectivity index (χ1n) is 7.41. The molecular formula is C18H19B. The Bertz CT molecular complexity index is 654. The van der Waals surface area contributed by atoms with E-state index >= 15 is 0 Å². The summed E-state index contributed by atoms with van der Waals surface area (Å²) < 4.78 is 0. The van der Waals surface area contributed by atoms with Gasteiger partial charge in [0, 0.05) is 0 Å². The average Bonchev–Trinajstić information content (AvgIpc) is 2.45. The highest BCUT2D eigenvalue weighted by Gasteiger charge is 2.44. The van der Waals surface area contributed by atoms with Crippen molar-refractivity contribution >= 4 is 12.2 Å². The van der Waals surface area contributed by atoms with Crippen LogP contribution in [0.2, 0.25) is 6.32 Å². The summed E-state index contributed by atoms with van der Waals surface area (Å²) in [5.41, 5.74) is 7.74. The van der Waals surface area contributed by atoms with Crippen LogP contribution in [0.4, 0.5) is 0 Å². The fourth-order valence-corrected chi connectivity index (χ4v) is 4.31. The minimum Gasteiger partial charge on any atom is -0.0687 e. The Kier molecular flexibility index (Phi) is 2.24. The van der Waals surface area contributed by atoms with Crippen molar-refractivity contribution in [3.63, 3.8) is 0 Å². The molecule has 0 saturated heterocycles. The normalized spacial score (nSPS) is 18.7. The van der Waals surface area contributed by atoms with Crippen LogP contribution in [-0.2, 0) is 11.7 Å². The molecule has 0 radical (unpaired) electrons. The number of fused-ring (bicyclic) bond motifs is 2. The first-order chi connectivity index (χ1) is 9.19. The summed E-state index contributed by atoms with van der Waals surface area (Å²) in [6.45, 7) is 5.56. The quantitative estimate of drug-likeness (QED) is 0.619. The lowest BCUT2D eigenvalue weighted by atomic mass is 9.23. The summed E-state index contributed by atoms with van der Waals surface area (Å²) in [6.07, 6.45) is 3.94. The summed E-state index contributed by atoms with van der Waals surface area (Å²) in [7, 11) is 0. The largest absolute Gasteiger partial charge is 0.187 e. The number of aryl methyl sites for hydroxylation is 1. The topological polar surface area (TPSA) is 0 Å². The molecule has 1 heteroatoms. The Labute approximate surface area is 115 Å². The molecule has 19 heavy (non-hydrogen) atoms. The molecule has 0 unspecified atom stereocenters. The molecule has 0 spiro atoms. The number of hydrogen-bond acceptors (Lipinski definition) is 0. The van der Waals surface area contributed by atoms with E-state index in [1.165, 1.54) is 35.9 Å². The van der Waals surface area contributed by atoms with Gasteiger partial charge in [0.15, 0.2) is 6.71 Å². The molecule has 0 aliphatic carbocycles. The molecule has 0 amide bonds. The summed E-state index contributed by atoms with van der Waals surface area (Å²) in [5.74, 6) is 0. The van der Waals surface area contributed by atoms with Crippen molar-refractivity contribution in [2.24, 2.45) is 0 Å². The van der Waals surface area contributed by atoms with Crippen LogP contribution in [0.25, 0.3) is 11.1 Å². The second-order valence-electron chi connectivity index (χ2n) is 6.59. The lowest BCUT2D eigenvalue weighted by molar-refractivity contribution is 0.716. The summed E-state index contributed by atoms with van der Waals surface area (Å²) in [5, 5.41) is 0.264. The molecule has 4 rings (SSSR count). The molecule has 0 aromatic heterocycles. The Balaban J connectivity index is 2.11. The van der Waals surface area contributed by atoms with Crippen LogP contribution in [0, 0.1) is 0 Å². The van der Waals surface area contributed by atoms with Gasteiger partial charge >= 0.3 is 0 Å². The van der Waals surface area contributed by atoms with E-state index in [2.05, 4.69) is 56.3 Å². The molecule has 0 fully saturated rings. The van der Waals surface area contributed by atoms with E-state index in [-0.39, 0.29) is 5.31 Å². The Hall–Kier alpha value is -1.50. The predicted molar refractivity (Wildman–Crippen MR) is 83.4 cm³/mol. The highest BCUT2D eigenvalue weighted by Crippen LogP contribution is 2.42. The van der Waals surface area contributed by atoms with Gasteiger partial charge in [0.2, 0.25) is 0 Å². The molecular weight excluding hydrogens is 227 g/mol. The zero-order chi connectivity index (χ0) is 13.0. The van der Waals surface area contributed by atoms with Crippen molar-refractivity contribution in [3.05, 3.63) is 53.6 Å². The molecule has 94 valence electrons. The van der Waals surface area contributed by atoms with Gasteiger partial charge in [-0.05, 0) is 28.4 Å². The van der Waals surface area contributed by atoms with E-state index in [1.807, 2.05) is 0 Å². The third kappa shape index (κ3) is 1.42. The fourth-order valence-electron chi connectivity index (χ4n) is 4.31. The molecule has 2 aliphatic heterocycles. The second-order valence-corrected chi connectivity index (χ2v) is 6.59. The molecule has 0 saturated carbocycles. The van der Waals surface area contributed by atoms with Crippen LogP contribution in [-0.4, -0.2) is 6.71 Å². The highest BCUT2D eigenvalue weighted by molar-refractivity contribution is 6.78. The van der Waals surface area contributed by atoms with E-state index in [0.717, 1.165) is 0 Å². The molecule has 0 N–H and O–H groups in total. The molecule has 0 nitrogen and oxygen atoms in total. The monoisotopic (exact) mass is 246 g/mol. The molecule has 2 aliphatic rings. The van der Waals surface area contributed by atoms with Gasteiger partial charge < -0.3 is 0 Å². The molecule has 0 bridgehead atoms. The van der Waals surface area contributed by atoms with Crippen LogP contribution < -0.4 is 5.46 Å². The minimum atomic E-state index is 0.264. The van der Waals surface area contributed by atoms with Crippen molar-refractivity contribution in [1.82, 2.24) is 0 Å². The van der Waals surface area contributed by atoms with Gasteiger partial charge in [-0.15, -0.1) is 0 Å². The minimum absolute atomic E-state index is 0.264. The number of hydrogen-bond donors (Lipinski definition) is 0. The summed E-state index contributed by atoms with van der Waals surface area (Å²) in [4.78, 5) is 0. The number of rotatable bonds is 0. The van der Waals surface area contributed by atoms with Gasteiger partial charge in [0.25, 0.3) is 0 Å². The van der Waals surface area contributed by atoms with Crippen molar-refractivity contribution in [2.45, 2.75) is 38.3 Å². The Morgan fingerprint density at radius 1 is 0.947 bits per heavy atom. The summed E-state index contributed by atoms with van der Waals surface area (Å²) in [6, 6.07) is 15.9. The van der Waals surface area contributed by atoms with Crippen LogP contribution >= 0.6 is 0 Å². The van der Waals surface area contributed by atoms with Crippen LogP contribution in [0.15, 0.2) is 42.5 Å². The lowest BCUT2D eigenvalue weighted by Crippen LogP contribution is -2.53. The zero-order valence-corrected chi connectivity index (χ0v) is 11.7. The number of benzene rings is 2. The Morgan fingerprint density at radius 2 is 1.74 bits per heavy atom. The van der Waals surface area contributed by atoms with Gasteiger partial charge in [-0.3, -0.25) is 0 Å². The van der Waals surface area contributed by atoms with Gasteiger partial charge in [0.05, 0.1) is 0 Å². The van der Waals surface area contributed by atoms with E-state index in [9.17, 15) is 0 Å². The first kappa shape index (κ1) is 11.3. The maximum Gasteiger partial charge on any atom is 0.187 e. The Morgan fingerprint density at radius 3 is 2.63 bits per heavy atom. The van der Waals surface area contributed by atoms with Crippen LogP contribution in [0.1, 0.15) is 31.4 Å². The van der Waals surface area contributed by atoms with Crippen molar-refractivity contribution < 1.29 is 0 Å². The third-order valence-electron chi connectivity index (χ3n) is 5.27. The van der Waals surface area contributed by atoms with Gasteiger partial charge in [-0.2, -0.15) is 0 Å². The highest BCUT2D eigenvalue weighted by atomic mass is 14.3. The smallest absolute Gasteiger partial charge is 0.0687 e. The fraction of sp³-hybridized carbons (Fsp3) is 0.333. The molecule has 2 aromatic carbocycles. The maximum absolute atomic E-state index is 2.43. The van der Waals surface area contributed by atoms with Crippen LogP contribution in [0.3, 0.4) is 0 Å². The van der Waals surface area contributed by atoms with E-state index in [0.29, 0.717) is 6.71 Å². The summed E-state index contributed by atoms with van der Waals surface area (Å²) >= 11 is 0.